The van der Waals surface area contributed by atoms with Gasteiger partial charge in [0.05, 0.1) is 6.54 Å². The van der Waals surface area contributed by atoms with Crippen LogP contribution in [0.2, 0.25) is 0 Å². The number of aliphatic hydroxyl groups is 1. The Labute approximate surface area is 111 Å². The van der Waals surface area contributed by atoms with Crippen LogP contribution in [-0.4, -0.2) is 42.5 Å². The lowest BCUT2D eigenvalue weighted by molar-refractivity contribution is 0.0944. The third-order valence-electron chi connectivity index (χ3n) is 2.85. The van der Waals surface area contributed by atoms with Gasteiger partial charge in [-0.3, -0.25) is 9.69 Å². The average molecular weight is 271 g/mol. The molecule has 1 N–H and O–H groups in total. The molecular formula is C14H19F2NO2. The number of carbonyl (C=O) groups excluding carboxylic acids is 1. The smallest absolute Gasteiger partial charge is 0.176 e. The summed E-state index contributed by atoms with van der Waals surface area (Å²) in [5.41, 5.74) is 0.182. The Kier molecular flexibility index (Phi) is 6.59. The molecule has 0 heterocycles. The molecule has 3 nitrogen and oxygen atoms in total. The minimum Gasteiger partial charge on any atom is -0.396 e. The van der Waals surface area contributed by atoms with Crippen molar-refractivity contribution in [2.45, 2.75) is 19.3 Å². The molecule has 19 heavy (non-hydrogen) atoms. The van der Waals surface area contributed by atoms with Gasteiger partial charge in [0.25, 0.3) is 0 Å². The van der Waals surface area contributed by atoms with Gasteiger partial charge in [-0.05, 0) is 51.1 Å². The topological polar surface area (TPSA) is 40.5 Å². The summed E-state index contributed by atoms with van der Waals surface area (Å²) in [5.74, 6) is -2.19. The molecular weight excluding hydrogens is 252 g/mol. The summed E-state index contributed by atoms with van der Waals surface area (Å²) in [5, 5.41) is 8.64. The van der Waals surface area contributed by atoms with Crippen LogP contribution < -0.4 is 0 Å². The zero-order valence-corrected chi connectivity index (χ0v) is 11.0. The van der Waals surface area contributed by atoms with Gasteiger partial charge in [0.1, 0.15) is 0 Å². The van der Waals surface area contributed by atoms with E-state index in [0.717, 1.165) is 37.9 Å². The number of hydrogen-bond donors (Lipinski definition) is 1. The van der Waals surface area contributed by atoms with E-state index in [1.807, 2.05) is 4.90 Å². The van der Waals surface area contributed by atoms with Gasteiger partial charge in [0.2, 0.25) is 0 Å². The van der Waals surface area contributed by atoms with Gasteiger partial charge in [-0.1, -0.05) is 0 Å². The van der Waals surface area contributed by atoms with Crippen molar-refractivity contribution in [3.63, 3.8) is 0 Å². The molecule has 0 bridgehead atoms. The van der Waals surface area contributed by atoms with Crippen LogP contribution in [0, 0.1) is 11.6 Å². The Morgan fingerprint density at radius 1 is 1.21 bits per heavy atom. The zero-order chi connectivity index (χ0) is 14.3. The molecule has 0 unspecified atom stereocenters. The average Bonchev–Trinajstić information content (AvgIpc) is 2.38. The van der Waals surface area contributed by atoms with Gasteiger partial charge >= 0.3 is 0 Å². The zero-order valence-electron chi connectivity index (χ0n) is 11.0. The van der Waals surface area contributed by atoms with Crippen LogP contribution in [0.3, 0.4) is 0 Å². The van der Waals surface area contributed by atoms with Crippen molar-refractivity contribution < 1.29 is 18.7 Å². The van der Waals surface area contributed by atoms with Gasteiger partial charge in [-0.25, -0.2) is 8.78 Å². The van der Waals surface area contributed by atoms with E-state index in [1.165, 1.54) is 6.07 Å². The molecule has 0 aliphatic heterocycles. The van der Waals surface area contributed by atoms with Crippen LogP contribution in [0.5, 0.6) is 0 Å². The first kappa shape index (κ1) is 15.7. The molecule has 0 aliphatic rings. The van der Waals surface area contributed by atoms with Crippen LogP contribution in [0.25, 0.3) is 0 Å². The molecule has 0 aliphatic carbocycles. The lowest BCUT2D eigenvalue weighted by atomic mass is 10.1. The van der Waals surface area contributed by atoms with Crippen molar-refractivity contribution in [3.05, 3.63) is 35.4 Å². The second-order valence-corrected chi connectivity index (χ2v) is 4.57. The maximum atomic E-state index is 13.0. The van der Waals surface area contributed by atoms with Crippen molar-refractivity contribution >= 4 is 5.78 Å². The molecule has 1 aromatic rings. The number of aliphatic hydroxyl groups excluding tert-OH is 1. The van der Waals surface area contributed by atoms with Crippen molar-refractivity contribution in [1.82, 2.24) is 4.90 Å². The molecule has 0 saturated carbocycles. The third kappa shape index (κ3) is 5.44. The number of likely N-dealkylation sites (N-methyl/N-ethyl adjacent to an activating group) is 1. The maximum absolute atomic E-state index is 13.0. The van der Waals surface area contributed by atoms with Crippen molar-refractivity contribution in [2.75, 3.05) is 26.7 Å². The minimum absolute atomic E-state index is 0.171. The Balaban J connectivity index is 2.43. The van der Waals surface area contributed by atoms with Crippen LogP contribution in [0.4, 0.5) is 8.78 Å². The molecule has 0 amide bonds. The highest BCUT2D eigenvalue weighted by molar-refractivity contribution is 5.97. The predicted molar refractivity (Wildman–Crippen MR) is 69.1 cm³/mol. The third-order valence-corrected chi connectivity index (χ3v) is 2.85. The highest BCUT2D eigenvalue weighted by atomic mass is 19.2. The first-order chi connectivity index (χ1) is 9.04. The first-order valence-electron chi connectivity index (χ1n) is 6.32. The second-order valence-electron chi connectivity index (χ2n) is 4.57. The molecule has 0 saturated heterocycles. The predicted octanol–water partition coefficient (Wildman–Crippen LogP) is 2.24. The lowest BCUT2D eigenvalue weighted by Gasteiger charge is -2.15. The van der Waals surface area contributed by atoms with E-state index < -0.39 is 11.6 Å². The standard InChI is InChI=1S/C14H19F2NO2/c1-17(7-3-2-4-8-18)10-14(19)11-5-6-12(15)13(16)9-11/h5-6,9,18H,2-4,7-8,10H2,1H3. The number of nitrogens with zero attached hydrogens (tertiary/aromatic N) is 1. The molecule has 5 heteroatoms. The van der Waals surface area contributed by atoms with E-state index in [2.05, 4.69) is 0 Å². The molecule has 0 aromatic heterocycles. The van der Waals surface area contributed by atoms with Gasteiger partial charge in [-0.2, -0.15) is 0 Å². The monoisotopic (exact) mass is 271 g/mol. The van der Waals surface area contributed by atoms with Crippen molar-refractivity contribution in [2.24, 2.45) is 0 Å². The SMILES string of the molecule is CN(CCCCCO)CC(=O)c1ccc(F)c(F)c1. The summed E-state index contributed by atoms with van der Waals surface area (Å²) in [6, 6.07) is 3.18. The number of ketones is 1. The number of hydrogen-bond acceptors (Lipinski definition) is 3. The fourth-order valence-electron chi connectivity index (χ4n) is 1.76. The second kappa shape index (κ2) is 7.96. The summed E-state index contributed by atoms with van der Waals surface area (Å²) in [7, 11) is 1.80. The fourth-order valence-corrected chi connectivity index (χ4v) is 1.76. The molecule has 1 rings (SSSR count). The molecule has 106 valence electrons. The van der Waals surface area contributed by atoms with E-state index in [4.69, 9.17) is 5.11 Å². The summed E-state index contributed by atoms with van der Waals surface area (Å²) in [4.78, 5) is 13.7. The molecule has 0 radical (unpaired) electrons. The number of halogens is 2. The van der Waals surface area contributed by atoms with Crippen molar-refractivity contribution in [1.29, 1.82) is 0 Å². The molecule has 0 atom stereocenters. The van der Waals surface area contributed by atoms with Crippen LogP contribution >= 0.6 is 0 Å². The largest absolute Gasteiger partial charge is 0.396 e. The number of Topliss-reactive ketones (excluding diaryl/α,β-unsaturated/α-hetero) is 1. The number of carbonyl (C=O) groups is 1. The molecule has 0 fully saturated rings. The maximum Gasteiger partial charge on any atom is 0.176 e. The van der Waals surface area contributed by atoms with E-state index in [1.54, 1.807) is 7.05 Å². The summed E-state index contributed by atoms with van der Waals surface area (Å²) in [6.45, 7) is 1.08. The summed E-state index contributed by atoms with van der Waals surface area (Å²) in [6.07, 6.45) is 2.55. The van der Waals surface area contributed by atoms with Crippen molar-refractivity contribution in [3.8, 4) is 0 Å². The lowest BCUT2D eigenvalue weighted by Crippen LogP contribution is -2.27. The normalized spacial score (nSPS) is 11.0. The minimum atomic E-state index is -1.00. The first-order valence-corrected chi connectivity index (χ1v) is 6.32. The van der Waals surface area contributed by atoms with Crippen LogP contribution in [0.15, 0.2) is 18.2 Å². The van der Waals surface area contributed by atoms with E-state index in [9.17, 15) is 13.6 Å². The van der Waals surface area contributed by atoms with E-state index >= 15 is 0 Å². The molecule has 0 spiro atoms. The summed E-state index contributed by atoms with van der Waals surface area (Å²) < 4.78 is 25.7. The number of benzene rings is 1. The number of unbranched alkanes of at least 4 members (excludes halogenated alkanes) is 2. The molecule has 1 aromatic carbocycles. The van der Waals surface area contributed by atoms with E-state index in [0.29, 0.717) is 0 Å². The van der Waals surface area contributed by atoms with E-state index in [-0.39, 0.29) is 24.5 Å². The number of rotatable bonds is 8. The van der Waals surface area contributed by atoms with Gasteiger partial charge < -0.3 is 5.11 Å². The Hall–Kier alpha value is -1.33. The Morgan fingerprint density at radius 2 is 1.95 bits per heavy atom. The van der Waals surface area contributed by atoms with Crippen LogP contribution in [0.1, 0.15) is 29.6 Å². The highest BCUT2D eigenvalue weighted by Gasteiger charge is 2.11. The fraction of sp³-hybridized carbons (Fsp3) is 0.500. The summed E-state index contributed by atoms with van der Waals surface area (Å²) >= 11 is 0. The van der Waals surface area contributed by atoms with Gasteiger partial charge in [0.15, 0.2) is 17.4 Å². The quantitative estimate of drug-likeness (QED) is 0.582. The van der Waals surface area contributed by atoms with Gasteiger partial charge in [-0.15, -0.1) is 0 Å². The van der Waals surface area contributed by atoms with Gasteiger partial charge in [0, 0.05) is 12.2 Å². The highest BCUT2D eigenvalue weighted by Crippen LogP contribution is 2.10. The Morgan fingerprint density at radius 3 is 2.58 bits per heavy atom. The van der Waals surface area contributed by atoms with Crippen LogP contribution in [-0.2, 0) is 0 Å². The Bertz CT molecular complexity index is 424.